The van der Waals surface area contributed by atoms with Crippen molar-refractivity contribution in [2.45, 2.75) is 24.5 Å². The number of allylic oxidation sites excluding steroid dienone is 2. The molecule has 10 nitrogen and oxygen atoms in total. The van der Waals surface area contributed by atoms with Gasteiger partial charge in [-0.2, -0.15) is 5.10 Å². The maximum absolute atomic E-state index is 13.8. The summed E-state index contributed by atoms with van der Waals surface area (Å²) in [7, 11) is 1.27. The molecule has 2 amide bonds. The van der Waals surface area contributed by atoms with E-state index in [0.717, 1.165) is 0 Å². The lowest BCUT2D eigenvalue weighted by Gasteiger charge is -2.40. The topological polar surface area (TPSA) is 124 Å². The number of anilines is 1. The van der Waals surface area contributed by atoms with Gasteiger partial charge in [-0.05, 0) is 37.1 Å². The van der Waals surface area contributed by atoms with Crippen LogP contribution in [0.3, 0.4) is 0 Å². The smallest absolute Gasteiger partial charge is 0.411 e. The van der Waals surface area contributed by atoms with Crippen LogP contribution in [0, 0.1) is 0 Å². The zero-order valence-corrected chi connectivity index (χ0v) is 16.2. The SMILES string of the molecule is COC(=O)Nc1ccc(C2(C(=O)N3CCC[C@H]3C(=O)O)NN=C3C=CC=CN32)cc1. The van der Waals surface area contributed by atoms with Gasteiger partial charge < -0.3 is 14.7 Å². The number of fused-ring (bicyclic) bond motifs is 1. The lowest BCUT2D eigenvalue weighted by Crippen LogP contribution is -2.61. The molecule has 10 heteroatoms. The molecular weight excluding hydrogens is 390 g/mol. The molecule has 0 spiro atoms. The van der Waals surface area contributed by atoms with Crippen molar-refractivity contribution in [3.05, 3.63) is 54.3 Å². The second-order valence-electron chi connectivity index (χ2n) is 7.05. The number of amidine groups is 1. The number of methoxy groups -OCH3 is 1. The zero-order chi connectivity index (χ0) is 21.3. The molecule has 30 heavy (non-hydrogen) atoms. The number of carbonyl (C=O) groups excluding carboxylic acids is 2. The summed E-state index contributed by atoms with van der Waals surface area (Å²) in [4.78, 5) is 40.0. The van der Waals surface area contributed by atoms with Crippen LogP contribution in [0.25, 0.3) is 0 Å². The highest BCUT2D eigenvalue weighted by Gasteiger charge is 2.54. The molecule has 1 saturated heterocycles. The highest BCUT2D eigenvalue weighted by Crippen LogP contribution is 2.36. The number of hydrazone groups is 1. The molecule has 3 aliphatic heterocycles. The van der Waals surface area contributed by atoms with Crippen LogP contribution in [-0.2, 0) is 20.0 Å². The van der Waals surface area contributed by atoms with E-state index in [1.807, 2.05) is 0 Å². The Balaban J connectivity index is 1.73. The fourth-order valence-electron chi connectivity index (χ4n) is 3.92. The number of rotatable bonds is 4. The number of nitrogens with zero attached hydrogens (tertiary/aromatic N) is 3. The Hall–Kier alpha value is -3.82. The van der Waals surface area contributed by atoms with Crippen molar-refractivity contribution >= 4 is 29.5 Å². The van der Waals surface area contributed by atoms with E-state index >= 15 is 0 Å². The van der Waals surface area contributed by atoms with E-state index < -0.39 is 29.7 Å². The maximum Gasteiger partial charge on any atom is 0.411 e. The lowest BCUT2D eigenvalue weighted by molar-refractivity contribution is -0.153. The molecule has 0 radical (unpaired) electrons. The Morgan fingerprint density at radius 3 is 2.73 bits per heavy atom. The van der Waals surface area contributed by atoms with Crippen molar-refractivity contribution in [1.82, 2.24) is 15.2 Å². The van der Waals surface area contributed by atoms with Crippen LogP contribution in [-0.4, -0.2) is 58.4 Å². The van der Waals surface area contributed by atoms with E-state index in [2.05, 4.69) is 20.6 Å². The molecule has 3 heterocycles. The van der Waals surface area contributed by atoms with Gasteiger partial charge in [-0.25, -0.2) is 9.59 Å². The fourth-order valence-corrected chi connectivity index (χ4v) is 3.92. The van der Waals surface area contributed by atoms with Gasteiger partial charge in [0, 0.05) is 24.0 Å². The Morgan fingerprint density at radius 1 is 1.27 bits per heavy atom. The number of carboxylic acid groups (broad SMARTS) is 1. The molecule has 3 N–H and O–H groups in total. The highest BCUT2D eigenvalue weighted by atomic mass is 16.5. The van der Waals surface area contributed by atoms with Gasteiger partial charge in [0.05, 0.1) is 7.11 Å². The molecule has 2 atom stereocenters. The Kier molecular flexibility index (Phi) is 4.90. The molecule has 3 aliphatic rings. The van der Waals surface area contributed by atoms with Crippen LogP contribution >= 0.6 is 0 Å². The first-order valence-corrected chi connectivity index (χ1v) is 9.46. The molecule has 1 fully saturated rings. The minimum atomic E-state index is -1.43. The first-order chi connectivity index (χ1) is 14.5. The minimum Gasteiger partial charge on any atom is -0.480 e. The van der Waals surface area contributed by atoms with E-state index in [9.17, 15) is 19.5 Å². The molecule has 0 saturated carbocycles. The van der Waals surface area contributed by atoms with E-state index in [1.165, 1.54) is 12.0 Å². The minimum absolute atomic E-state index is 0.351. The van der Waals surface area contributed by atoms with E-state index in [0.29, 0.717) is 36.5 Å². The van der Waals surface area contributed by atoms with E-state index in [-0.39, 0.29) is 0 Å². The van der Waals surface area contributed by atoms with Crippen molar-refractivity contribution in [3.8, 4) is 0 Å². The molecule has 1 unspecified atom stereocenters. The lowest BCUT2D eigenvalue weighted by atomic mass is 9.95. The number of amides is 2. The third-order valence-electron chi connectivity index (χ3n) is 5.37. The van der Waals surface area contributed by atoms with Crippen LogP contribution in [0.5, 0.6) is 0 Å². The third-order valence-corrected chi connectivity index (χ3v) is 5.37. The predicted octanol–water partition coefficient (Wildman–Crippen LogP) is 1.40. The summed E-state index contributed by atoms with van der Waals surface area (Å²) in [6.45, 7) is 0.351. The summed E-state index contributed by atoms with van der Waals surface area (Å²) >= 11 is 0. The number of carbonyl (C=O) groups is 3. The zero-order valence-electron chi connectivity index (χ0n) is 16.2. The number of aliphatic carboxylic acids is 1. The van der Waals surface area contributed by atoms with Crippen molar-refractivity contribution in [1.29, 1.82) is 0 Å². The van der Waals surface area contributed by atoms with Crippen LogP contribution in [0.4, 0.5) is 10.5 Å². The third kappa shape index (κ3) is 3.06. The summed E-state index contributed by atoms with van der Waals surface area (Å²) < 4.78 is 4.59. The number of hydrogen-bond acceptors (Lipinski definition) is 7. The van der Waals surface area contributed by atoms with Crippen molar-refractivity contribution in [2.75, 3.05) is 19.0 Å². The summed E-state index contributed by atoms with van der Waals surface area (Å²) in [5.41, 5.74) is 2.56. The monoisotopic (exact) mass is 411 g/mol. The number of nitrogens with one attached hydrogen (secondary N) is 2. The van der Waals surface area contributed by atoms with Gasteiger partial charge in [0.25, 0.3) is 5.91 Å². The maximum atomic E-state index is 13.8. The first-order valence-electron chi connectivity index (χ1n) is 9.46. The molecule has 1 aromatic carbocycles. The van der Waals surface area contributed by atoms with Gasteiger partial charge in [0.1, 0.15) is 6.04 Å². The van der Waals surface area contributed by atoms with Crippen LogP contribution < -0.4 is 10.7 Å². The van der Waals surface area contributed by atoms with Gasteiger partial charge in [-0.15, -0.1) is 0 Å². The standard InChI is InChI=1S/C20H21N5O5/c1-30-19(29)21-14-9-7-13(8-10-14)20(23-22-16-6-2-3-12-25(16)20)18(28)24-11-4-5-15(24)17(26)27/h2-3,6-10,12,15,23H,4-5,11H2,1H3,(H,21,29)(H,26,27)/t15-,20?/m0/s1. The summed E-state index contributed by atoms with van der Waals surface area (Å²) in [5.74, 6) is -0.893. The Morgan fingerprint density at radius 2 is 2.03 bits per heavy atom. The first kappa shape index (κ1) is 19.5. The summed E-state index contributed by atoms with van der Waals surface area (Å²) in [6.07, 6.45) is 7.48. The van der Waals surface area contributed by atoms with E-state index in [1.54, 1.807) is 53.6 Å². The van der Waals surface area contributed by atoms with Gasteiger partial charge in [0.15, 0.2) is 5.84 Å². The average Bonchev–Trinajstić information content (AvgIpc) is 3.40. The van der Waals surface area contributed by atoms with Gasteiger partial charge in [-0.3, -0.25) is 20.4 Å². The van der Waals surface area contributed by atoms with Crippen molar-refractivity contribution in [3.63, 3.8) is 0 Å². The van der Waals surface area contributed by atoms with E-state index in [4.69, 9.17) is 0 Å². The van der Waals surface area contributed by atoms with Gasteiger partial charge in [0.2, 0.25) is 5.66 Å². The molecular formula is C20H21N5O5. The molecule has 156 valence electrons. The second kappa shape index (κ2) is 7.54. The van der Waals surface area contributed by atoms with Crippen LogP contribution in [0.2, 0.25) is 0 Å². The molecule has 1 aromatic rings. The summed E-state index contributed by atoms with van der Waals surface area (Å²) in [5, 5.41) is 16.4. The normalized spacial score (nSPS) is 24.2. The highest BCUT2D eigenvalue weighted by molar-refractivity contribution is 6.03. The Bertz CT molecular complexity index is 970. The van der Waals surface area contributed by atoms with Gasteiger partial charge in [-0.1, -0.05) is 18.2 Å². The van der Waals surface area contributed by atoms with Crippen molar-refractivity contribution < 1.29 is 24.2 Å². The van der Waals surface area contributed by atoms with Crippen LogP contribution in [0.1, 0.15) is 18.4 Å². The number of carboxylic acids is 1. The number of ether oxygens (including phenoxy) is 1. The number of benzene rings is 1. The molecule has 0 aromatic heterocycles. The Labute approximate surface area is 172 Å². The number of likely N-dealkylation sites (tertiary alicyclic amines) is 1. The molecule has 0 bridgehead atoms. The fraction of sp³-hybridized carbons (Fsp3) is 0.300. The van der Waals surface area contributed by atoms with Crippen molar-refractivity contribution in [2.24, 2.45) is 5.10 Å². The summed E-state index contributed by atoms with van der Waals surface area (Å²) in [6, 6.07) is 5.77. The predicted molar refractivity (Wildman–Crippen MR) is 107 cm³/mol. The van der Waals surface area contributed by atoms with Crippen LogP contribution in [0.15, 0.2) is 53.8 Å². The largest absolute Gasteiger partial charge is 0.480 e. The van der Waals surface area contributed by atoms with Gasteiger partial charge >= 0.3 is 12.1 Å². The molecule has 4 rings (SSSR count). The quantitative estimate of drug-likeness (QED) is 0.684. The second-order valence-corrected chi connectivity index (χ2v) is 7.05. The molecule has 0 aliphatic carbocycles. The number of hydrogen-bond donors (Lipinski definition) is 3. The average molecular weight is 411 g/mol.